The van der Waals surface area contributed by atoms with Gasteiger partial charge in [0.05, 0.1) is 0 Å². The molecule has 0 spiro atoms. The molecule has 0 aliphatic heterocycles. The highest BCUT2D eigenvalue weighted by Crippen LogP contribution is 2.00. The number of nitrogens with one attached hydrogen (secondary N) is 1. The molecule has 0 fully saturated rings. The van der Waals surface area contributed by atoms with Crippen molar-refractivity contribution < 1.29 is 17.8 Å². The highest BCUT2D eigenvalue weighted by Gasteiger charge is 2.21. The standard InChI is InChI=1S/C7H15NO4S/c1-3-5-6(9)8-7(4-2)13(10,11)12/h7H,3-5H2,1-2H3,(H,8,9)(H,10,11,12). The summed E-state index contributed by atoms with van der Waals surface area (Å²) in [7, 11) is -4.16. The first-order valence-electron chi connectivity index (χ1n) is 4.17. The quantitative estimate of drug-likeness (QED) is 0.647. The van der Waals surface area contributed by atoms with Crippen molar-refractivity contribution in [2.75, 3.05) is 0 Å². The van der Waals surface area contributed by atoms with Crippen LogP contribution in [0.2, 0.25) is 0 Å². The van der Waals surface area contributed by atoms with Crippen molar-refractivity contribution in [3.8, 4) is 0 Å². The van der Waals surface area contributed by atoms with E-state index in [-0.39, 0.29) is 18.7 Å². The van der Waals surface area contributed by atoms with Gasteiger partial charge in [0.1, 0.15) is 0 Å². The summed E-state index contributed by atoms with van der Waals surface area (Å²) in [5.41, 5.74) is 0. The summed E-state index contributed by atoms with van der Waals surface area (Å²) in [6.07, 6.45) is 1.08. The Labute approximate surface area is 78.3 Å². The van der Waals surface area contributed by atoms with Crippen molar-refractivity contribution in [3.63, 3.8) is 0 Å². The Morgan fingerprint density at radius 2 is 2.00 bits per heavy atom. The lowest BCUT2D eigenvalue weighted by atomic mass is 10.3. The van der Waals surface area contributed by atoms with Crippen molar-refractivity contribution in [2.24, 2.45) is 0 Å². The highest BCUT2D eigenvalue weighted by molar-refractivity contribution is 7.86. The summed E-state index contributed by atoms with van der Waals surface area (Å²) >= 11 is 0. The topological polar surface area (TPSA) is 83.5 Å². The first kappa shape index (κ1) is 12.4. The van der Waals surface area contributed by atoms with Crippen LogP contribution >= 0.6 is 0 Å². The lowest BCUT2D eigenvalue weighted by Gasteiger charge is -2.12. The molecular formula is C7H15NO4S. The molecule has 0 aromatic heterocycles. The Balaban J connectivity index is 4.23. The van der Waals surface area contributed by atoms with Crippen LogP contribution in [0.25, 0.3) is 0 Å². The van der Waals surface area contributed by atoms with Gasteiger partial charge < -0.3 is 5.32 Å². The molecule has 1 amide bonds. The molecule has 0 aliphatic rings. The molecular weight excluding hydrogens is 194 g/mol. The SMILES string of the molecule is CCCC(=O)NC(CC)S(=O)(=O)O. The molecule has 5 nitrogen and oxygen atoms in total. The maximum absolute atomic E-state index is 11.0. The fraction of sp³-hybridized carbons (Fsp3) is 0.857. The van der Waals surface area contributed by atoms with E-state index >= 15 is 0 Å². The van der Waals surface area contributed by atoms with E-state index in [1.165, 1.54) is 0 Å². The van der Waals surface area contributed by atoms with E-state index in [0.29, 0.717) is 6.42 Å². The van der Waals surface area contributed by atoms with Crippen LogP contribution in [0.3, 0.4) is 0 Å². The van der Waals surface area contributed by atoms with Gasteiger partial charge in [-0.3, -0.25) is 9.35 Å². The molecule has 0 radical (unpaired) electrons. The van der Waals surface area contributed by atoms with Gasteiger partial charge in [-0.15, -0.1) is 0 Å². The number of hydrogen-bond acceptors (Lipinski definition) is 3. The average molecular weight is 209 g/mol. The molecule has 2 N–H and O–H groups in total. The molecule has 1 unspecified atom stereocenters. The van der Waals surface area contributed by atoms with E-state index in [4.69, 9.17) is 4.55 Å². The molecule has 78 valence electrons. The zero-order valence-corrected chi connectivity index (χ0v) is 8.60. The van der Waals surface area contributed by atoms with Crippen LogP contribution in [0.15, 0.2) is 0 Å². The normalized spacial score (nSPS) is 13.8. The fourth-order valence-corrected chi connectivity index (χ4v) is 1.57. The van der Waals surface area contributed by atoms with E-state index in [2.05, 4.69) is 5.32 Å². The van der Waals surface area contributed by atoms with Gasteiger partial charge in [-0.2, -0.15) is 8.42 Å². The third-order valence-electron chi connectivity index (χ3n) is 1.53. The van der Waals surface area contributed by atoms with Gasteiger partial charge in [0.2, 0.25) is 5.91 Å². The summed E-state index contributed by atoms with van der Waals surface area (Å²) in [6.45, 7) is 3.39. The van der Waals surface area contributed by atoms with Crippen molar-refractivity contribution >= 4 is 16.0 Å². The Morgan fingerprint density at radius 1 is 1.46 bits per heavy atom. The van der Waals surface area contributed by atoms with Gasteiger partial charge in [-0.1, -0.05) is 13.8 Å². The van der Waals surface area contributed by atoms with E-state index in [0.717, 1.165) is 0 Å². The minimum absolute atomic E-state index is 0.161. The summed E-state index contributed by atoms with van der Waals surface area (Å²) < 4.78 is 29.9. The van der Waals surface area contributed by atoms with Crippen LogP contribution < -0.4 is 5.32 Å². The van der Waals surface area contributed by atoms with Gasteiger partial charge >= 0.3 is 0 Å². The Morgan fingerprint density at radius 3 is 2.31 bits per heavy atom. The molecule has 0 rings (SSSR count). The molecule has 0 bridgehead atoms. The Kier molecular flexibility index (Phi) is 4.94. The maximum Gasteiger partial charge on any atom is 0.286 e. The second kappa shape index (κ2) is 5.18. The molecule has 0 saturated heterocycles. The Hall–Kier alpha value is -0.620. The number of carbonyl (C=O) groups excluding carboxylic acids is 1. The van der Waals surface area contributed by atoms with Crippen LogP contribution in [0.5, 0.6) is 0 Å². The van der Waals surface area contributed by atoms with Crippen molar-refractivity contribution in [3.05, 3.63) is 0 Å². The second-order valence-corrected chi connectivity index (χ2v) is 4.33. The van der Waals surface area contributed by atoms with Crippen molar-refractivity contribution in [2.45, 2.75) is 38.5 Å². The minimum atomic E-state index is -4.16. The lowest BCUT2D eigenvalue weighted by Crippen LogP contribution is -2.39. The monoisotopic (exact) mass is 209 g/mol. The largest absolute Gasteiger partial charge is 0.338 e. The molecule has 6 heteroatoms. The zero-order valence-electron chi connectivity index (χ0n) is 7.78. The predicted molar refractivity (Wildman–Crippen MR) is 48.7 cm³/mol. The molecule has 0 aromatic carbocycles. The third-order valence-corrected chi connectivity index (χ3v) is 2.70. The Bertz CT molecular complexity index is 260. The molecule has 0 aliphatic carbocycles. The number of amides is 1. The maximum atomic E-state index is 11.0. The number of rotatable bonds is 5. The molecule has 13 heavy (non-hydrogen) atoms. The number of carbonyl (C=O) groups is 1. The van der Waals surface area contributed by atoms with Crippen molar-refractivity contribution in [1.82, 2.24) is 5.32 Å². The average Bonchev–Trinajstić information content (AvgIpc) is 1.98. The molecule has 1 atom stereocenters. The second-order valence-electron chi connectivity index (χ2n) is 2.73. The number of hydrogen-bond donors (Lipinski definition) is 2. The zero-order chi connectivity index (χ0) is 10.5. The first-order valence-corrected chi connectivity index (χ1v) is 5.67. The summed E-state index contributed by atoms with van der Waals surface area (Å²) in [5.74, 6) is -0.355. The van der Waals surface area contributed by atoms with Gasteiger partial charge in [0.15, 0.2) is 5.37 Å². The lowest BCUT2D eigenvalue weighted by molar-refractivity contribution is -0.121. The summed E-state index contributed by atoms with van der Waals surface area (Å²) in [6, 6.07) is 0. The van der Waals surface area contributed by atoms with Crippen LogP contribution in [0.4, 0.5) is 0 Å². The first-order chi connectivity index (χ1) is 5.91. The van der Waals surface area contributed by atoms with Crippen molar-refractivity contribution in [1.29, 1.82) is 0 Å². The van der Waals surface area contributed by atoms with Gasteiger partial charge in [-0.25, -0.2) is 0 Å². The van der Waals surface area contributed by atoms with E-state index in [9.17, 15) is 13.2 Å². The van der Waals surface area contributed by atoms with Gasteiger partial charge in [0, 0.05) is 6.42 Å². The third kappa shape index (κ3) is 4.84. The fourth-order valence-electron chi connectivity index (χ4n) is 0.866. The highest BCUT2D eigenvalue weighted by atomic mass is 32.2. The van der Waals surface area contributed by atoms with Crippen LogP contribution in [0, 0.1) is 0 Å². The van der Waals surface area contributed by atoms with E-state index in [1.54, 1.807) is 6.92 Å². The van der Waals surface area contributed by atoms with E-state index in [1.807, 2.05) is 6.92 Å². The summed E-state index contributed by atoms with van der Waals surface area (Å²) in [5, 5.41) is 1.06. The van der Waals surface area contributed by atoms with E-state index < -0.39 is 15.5 Å². The van der Waals surface area contributed by atoms with Gasteiger partial charge in [0.25, 0.3) is 10.1 Å². The minimum Gasteiger partial charge on any atom is -0.338 e. The predicted octanol–water partition coefficient (Wildman–Crippen LogP) is 0.527. The van der Waals surface area contributed by atoms with Gasteiger partial charge in [-0.05, 0) is 12.8 Å². The smallest absolute Gasteiger partial charge is 0.286 e. The molecule has 0 aromatic rings. The molecule has 0 heterocycles. The summed E-state index contributed by atoms with van der Waals surface area (Å²) in [4.78, 5) is 11.0. The van der Waals surface area contributed by atoms with Crippen LogP contribution in [0.1, 0.15) is 33.1 Å². The van der Waals surface area contributed by atoms with Crippen LogP contribution in [-0.4, -0.2) is 24.3 Å². The molecule has 0 saturated carbocycles. The van der Waals surface area contributed by atoms with Crippen LogP contribution in [-0.2, 0) is 14.9 Å².